The van der Waals surface area contributed by atoms with Gasteiger partial charge in [0.1, 0.15) is 6.07 Å². The third kappa shape index (κ3) is 1.07. The van der Waals surface area contributed by atoms with Crippen molar-refractivity contribution in [2.75, 3.05) is 0 Å². The van der Waals surface area contributed by atoms with E-state index in [1.165, 1.54) is 0 Å². The van der Waals surface area contributed by atoms with E-state index in [4.69, 9.17) is 16.9 Å². The van der Waals surface area contributed by atoms with E-state index in [0.29, 0.717) is 22.7 Å². The second-order valence-electron chi connectivity index (χ2n) is 2.75. The third-order valence-electron chi connectivity index (χ3n) is 2.03. The largest absolute Gasteiger partial charge is 0.348 e. The zero-order valence-electron chi connectivity index (χ0n) is 6.60. The summed E-state index contributed by atoms with van der Waals surface area (Å²) >= 11 is 5.90. The van der Waals surface area contributed by atoms with Crippen molar-refractivity contribution in [2.45, 2.75) is 6.54 Å². The van der Waals surface area contributed by atoms with E-state index < -0.39 is 0 Å². The van der Waals surface area contributed by atoms with Gasteiger partial charge in [-0.15, -0.1) is 0 Å². The number of amides is 1. The number of nitrogens with one attached hydrogen (secondary N) is 1. The lowest BCUT2D eigenvalue weighted by atomic mass is 10.1. The molecule has 0 spiro atoms. The minimum Gasteiger partial charge on any atom is -0.348 e. The number of carbonyl (C=O) groups is 1. The molecule has 1 aliphatic heterocycles. The SMILES string of the molecule is N#Cc1ccc2c(c1Cl)CNC2=O. The van der Waals surface area contributed by atoms with Crippen molar-refractivity contribution in [2.24, 2.45) is 0 Å². The lowest BCUT2D eigenvalue weighted by Gasteiger charge is -1.99. The Kier molecular flexibility index (Phi) is 1.71. The van der Waals surface area contributed by atoms with Crippen LogP contribution in [0.4, 0.5) is 0 Å². The summed E-state index contributed by atoms with van der Waals surface area (Å²) in [6.45, 7) is 0.419. The second kappa shape index (κ2) is 2.75. The smallest absolute Gasteiger partial charge is 0.251 e. The van der Waals surface area contributed by atoms with Gasteiger partial charge in [0.25, 0.3) is 5.91 Å². The number of nitriles is 1. The molecule has 0 atom stereocenters. The van der Waals surface area contributed by atoms with Gasteiger partial charge < -0.3 is 5.32 Å². The van der Waals surface area contributed by atoms with E-state index in [9.17, 15) is 4.79 Å². The third-order valence-corrected chi connectivity index (χ3v) is 2.47. The average Bonchev–Trinajstić information content (AvgIpc) is 2.50. The first-order valence-electron chi connectivity index (χ1n) is 3.73. The minimum absolute atomic E-state index is 0.124. The van der Waals surface area contributed by atoms with Crippen LogP contribution >= 0.6 is 11.6 Å². The van der Waals surface area contributed by atoms with Crippen molar-refractivity contribution in [3.63, 3.8) is 0 Å². The number of nitrogens with zero attached hydrogens (tertiary/aromatic N) is 1. The summed E-state index contributed by atoms with van der Waals surface area (Å²) in [6.07, 6.45) is 0. The molecule has 13 heavy (non-hydrogen) atoms. The molecule has 0 unspecified atom stereocenters. The van der Waals surface area contributed by atoms with Gasteiger partial charge in [0, 0.05) is 17.7 Å². The van der Waals surface area contributed by atoms with Crippen LogP contribution in [0, 0.1) is 11.3 Å². The maximum atomic E-state index is 11.2. The van der Waals surface area contributed by atoms with Crippen molar-refractivity contribution < 1.29 is 4.79 Å². The Labute approximate surface area is 79.9 Å². The van der Waals surface area contributed by atoms with Gasteiger partial charge >= 0.3 is 0 Å². The molecule has 4 heteroatoms. The summed E-state index contributed by atoms with van der Waals surface area (Å²) in [5, 5.41) is 11.7. The first-order chi connectivity index (χ1) is 6.24. The van der Waals surface area contributed by atoms with Crippen molar-refractivity contribution >= 4 is 17.5 Å². The first kappa shape index (κ1) is 8.09. The predicted molar refractivity (Wildman–Crippen MR) is 47.3 cm³/mol. The standard InChI is InChI=1S/C9H5ClN2O/c10-8-5(3-11)1-2-6-7(8)4-12-9(6)13/h1-2H,4H2,(H,12,13). The molecule has 0 aromatic heterocycles. The Balaban J connectivity index is 2.68. The fourth-order valence-corrected chi connectivity index (χ4v) is 1.63. The topological polar surface area (TPSA) is 52.9 Å². The molecule has 0 fully saturated rings. The molecule has 1 aromatic rings. The molecule has 0 radical (unpaired) electrons. The average molecular weight is 193 g/mol. The molecule has 1 amide bonds. The monoisotopic (exact) mass is 192 g/mol. The maximum Gasteiger partial charge on any atom is 0.251 e. The Morgan fingerprint density at radius 3 is 3.00 bits per heavy atom. The van der Waals surface area contributed by atoms with E-state index in [1.54, 1.807) is 12.1 Å². The van der Waals surface area contributed by atoms with Crippen molar-refractivity contribution in [1.82, 2.24) is 5.32 Å². The van der Waals surface area contributed by atoms with Crippen LogP contribution in [0.15, 0.2) is 12.1 Å². The van der Waals surface area contributed by atoms with Crippen LogP contribution in [0.5, 0.6) is 0 Å². The molecule has 1 N–H and O–H groups in total. The van der Waals surface area contributed by atoms with Gasteiger partial charge in [-0.1, -0.05) is 11.6 Å². The summed E-state index contributed by atoms with van der Waals surface area (Å²) < 4.78 is 0. The van der Waals surface area contributed by atoms with Gasteiger partial charge in [-0.3, -0.25) is 4.79 Å². The lowest BCUT2D eigenvalue weighted by Crippen LogP contribution is -2.12. The van der Waals surface area contributed by atoms with Crippen LogP contribution < -0.4 is 5.32 Å². The number of halogens is 1. The Morgan fingerprint density at radius 2 is 2.31 bits per heavy atom. The van der Waals surface area contributed by atoms with E-state index in [0.717, 1.165) is 5.56 Å². The van der Waals surface area contributed by atoms with E-state index in [2.05, 4.69) is 5.32 Å². The van der Waals surface area contributed by atoms with Crippen LogP contribution in [0.25, 0.3) is 0 Å². The van der Waals surface area contributed by atoms with E-state index >= 15 is 0 Å². The predicted octanol–water partition coefficient (Wildman–Crippen LogP) is 1.46. The highest BCUT2D eigenvalue weighted by atomic mass is 35.5. The molecule has 0 aliphatic carbocycles. The van der Waals surface area contributed by atoms with Crippen LogP contribution in [-0.2, 0) is 6.54 Å². The van der Waals surface area contributed by atoms with Crippen LogP contribution in [0.1, 0.15) is 21.5 Å². The summed E-state index contributed by atoms with van der Waals surface area (Å²) in [5.74, 6) is -0.124. The van der Waals surface area contributed by atoms with Crippen molar-refractivity contribution in [1.29, 1.82) is 5.26 Å². The first-order valence-corrected chi connectivity index (χ1v) is 4.11. The molecule has 0 bridgehead atoms. The molecule has 2 rings (SSSR count). The molecule has 0 saturated heterocycles. The van der Waals surface area contributed by atoms with Crippen molar-refractivity contribution in [3.8, 4) is 6.07 Å². The molecule has 64 valence electrons. The highest BCUT2D eigenvalue weighted by Gasteiger charge is 2.22. The maximum absolute atomic E-state index is 11.2. The number of carbonyl (C=O) groups excluding carboxylic acids is 1. The fraction of sp³-hybridized carbons (Fsp3) is 0.111. The molecular weight excluding hydrogens is 188 g/mol. The number of rotatable bonds is 0. The number of hydrogen-bond donors (Lipinski definition) is 1. The zero-order valence-corrected chi connectivity index (χ0v) is 7.35. The van der Waals surface area contributed by atoms with Gasteiger partial charge in [-0.05, 0) is 12.1 Å². The van der Waals surface area contributed by atoms with E-state index in [1.807, 2.05) is 6.07 Å². The summed E-state index contributed by atoms with van der Waals surface area (Å²) in [4.78, 5) is 11.2. The van der Waals surface area contributed by atoms with Crippen LogP contribution in [-0.4, -0.2) is 5.91 Å². The summed E-state index contributed by atoms with van der Waals surface area (Å²) in [5.41, 5.74) is 1.71. The van der Waals surface area contributed by atoms with Gasteiger partial charge in [0.2, 0.25) is 0 Å². The van der Waals surface area contributed by atoms with Crippen LogP contribution in [0.2, 0.25) is 5.02 Å². The van der Waals surface area contributed by atoms with Gasteiger partial charge in [0.15, 0.2) is 0 Å². The van der Waals surface area contributed by atoms with Gasteiger partial charge in [-0.25, -0.2) is 0 Å². The van der Waals surface area contributed by atoms with E-state index in [-0.39, 0.29) is 5.91 Å². The quantitative estimate of drug-likeness (QED) is 0.677. The molecule has 3 nitrogen and oxygen atoms in total. The Morgan fingerprint density at radius 1 is 1.54 bits per heavy atom. The normalized spacial score (nSPS) is 13.4. The minimum atomic E-state index is -0.124. The lowest BCUT2D eigenvalue weighted by molar-refractivity contribution is 0.0966. The van der Waals surface area contributed by atoms with Crippen LogP contribution in [0.3, 0.4) is 0 Å². The number of fused-ring (bicyclic) bond motifs is 1. The summed E-state index contributed by atoms with van der Waals surface area (Å²) in [7, 11) is 0. The Bertz CT molecular complexity index is 434. The van der Waals surface area contributed by atoms with Gasteiger partial charge in [0.05, 0.1) is 10.6 Å². The number of benzene rings is 1. The highest BCUT2D eigenvalue weighted by molar-refractivity contribution is 6.33. The summed E-state index contributed by atoms with van der Waals surface area (Å²) in [6, 6.07) is 5.16. The molecule has 1 heterocycles. The highest BCUT2D eigenvalue weighted by Crippen LogP contribution is 2.27. The Hall–Kier alpha value is -1.53. The van der Waals surface area contributed by atoms with Crippen molar-refractivity contribution in [3.05, 3.63) is 33.8 Å². The molecule has 1 aromatic carbocycles. The molecule has 1 aliphatic rings. The zero-order chi connectivity index (χ0) is 9.42. The fourth-order valence-electron chi connectivity index (χ4n) is 1.36. The molecular formula is C9H5ClN2O. The van der Waals surface area contributed by atoms with Gasteiger partial charge in [-0.2, -0.15) is 5.26 Å². The molecule has 0 saturated carbocycles. The second-order valence-corrected chi connectivity index (χ2v) is 3.13. The number of hydrogen-bond acceptors (Lipinski definition) is 2.